The first-order valence-corrected chi connectivity index (χ1v) is 10.2. The molecule has 1 fully saturated rings. The van der Waals surface area contributed by atoms with Crippen molar-refractivity contribution < 1.29 is 14.3 Å². The standard InChI is InChI=1S/C23H29N3O3/c27-22(23(28)25-17-19-9-3-1-4-10-19)24-13-7-8-14-26-15-16-29-21(18-26)20-11-5-2-6-12-20/h1-6,9-12,21H,7-8,13-18H2,(H,24,27)(H,25,28). The van der Waals surface area contributed by atoms with E-state index in [-0.39, 0.29) is 6.10 Å². The molecule has 1 heterocycles. The van der Waals surface area contributed by atoms with Gasteiger partial charge in [-0.25, -0.2) is 0 Å². The summed E-state index contributed by atoms with van der Waals surface area (Å²) in [6, 6.07) is 19.8. The molecule has 0 spiro atoms. The van der Waals surface area contributed by atoms with E-state index in [0.717, 1.165) is 44.6 Å². The minimum Gasteiger partial charge on any atom is -0.371 e. The molecule has 0 aliphatic carbocycles. The number of hydrogen-bond acceptors (Lipinski definition) is 4. The van der Waals surface area contributed by atoms with E-state index in [9.17, 15) is 9.59 Å². The molecule has 154 valence electrons. The number of ether oxygens (including phenoxy) is 1. The first-order chi connectivity index (χ1) is 14.2. The van der Waals surface area contributed by atoms with E-state index in [1.807, 2.05) is 48.5 Å². The molecule has 6 heteroatoms. The first kappa shape index (κ1) is 21.0. The summed E-state index contributed by atoms with van der Waals surface area (Å²) >= 11 is 0. The van der Waals surface area contributed by atoms with Gasteiger partial charge in [-0.05, 0) is 30.5 Å². The number of unbranched alkanes of at least 4 members (excludes halogenated alkanes) is 1. The SMILES string of the molecule is O=C(NCCCCN1CCOC(c2ccccc2)C1)C(=O)NCc1ccccc1. The van der Waals surface area contributed by atoms with E-state index >= 15 is 0 Å². The van der Waals surface area contributed by atoms with Gasteiger partial charge in [0.25, 0.3) is 0 Å². The molecule has 6 nitrogen and oxygen atoms in total. The number of carbonyl (C=O) groups is 2. The summed E-state index contributed by atoms with van der Waals surface area (Å²) in [5.41, 5.74) is 2.18. The summed E-state index contributed by atoms with van der Waals surface area (Å²) in [5.74, 6) is -1.16. The molecule has 1 atom stereocenters. The van der Waals surface area contributed by atoms with Crippen LogP contribution in [0.5, 0.6) is 0 Å². The zero-order valence-electron chi connectivity index (χ0n) is 16.7. The van der Waals surface area contributed by atoms with Crippen LogP contribution in [-0.2, 0) is 20.9 Å². The molecule has 2 aromatic carbocycles. The Morgan fingerprint density at radius 1 is 0.931 bits per heavy atom. The van der Waals surface area contributed by atoms with Crippen LogP contribution in [0.25, 0.3) is 0 Å². The second kappa shape index (κ2) is 11.3. The van der Waals surface area contributed by atoms with Gasteiger partial charge in [0.2, 0.25) is 0 Å². The highest BCUT2D eigenvalue weighted by atomic mass is 16.5. The van der Waals surface area contributed by atoms with E-state index in [4.69, 9.17) is 4.74 Å². The van der Waals surface area contributed by atoms with Crippen LogP contribution in [0.3, 0.4) is 0 Å². The van der Waals surface area contributed by atoms with Gasteiger partial charge in [0, 0.05) is 26.2 Å². The lowest BCUT2D eigenvalue weighted by atomic mass is 10.1. The van der Waals surface area contributed by atoms with Crippen LogP contribution in [0.2, 0.25) is 0 Å². The lowest BCUT2D eigenvalue weighted by Gasteiger charge is -2.33. The van der Waals surface area contributed by atoms with E-state index in [1.54, 1.807) is 0 Å². The smallest absolute Gasteiger partial charge is 0.309 e. The zero-order chi connectivity index (χ0) is 20.3. The number of rotatable bonds is 8. The van der Waals surface area contributed by atoms with E-state index in [2.05, 4.69) is 27.7 Å². The van der Waals surface area contributed by atoms with Crippen LogP contribution in [0.1, 0.15) is 30.1 Å². The highest BCUT2D eigenvalue weighted by Crippen LogP contribution is 2.21. The Hall–Kier alpha value is -2.70. The summed E-state index contributed by atoms with van der Waals surface area (Å²) in [7, 11) is 0. The third kappa shape index (κ3) is 7.00. The molecule has 1 unspecified atom stereocenters. The molecule has 1 aliphatic heterocycles. The first-order valence-electron chi connectivity index (χ1n) is 10.2. The molecule has 2 aromatic rings. The molecule has 2 N–H and O–H groups in total. The van der Waals surface area contributed by atoms with Crippen LogP contribution in [0.4, 0.5) is 0 Å². The van der Waals surface area contributed by atoms with Gasteiger partial charge in [-0.2, -0.15) is 0 Å². The lowest BCUT2D eigenvalue weighted by molar-refractivity contribution is -0.139. The van der Waals surface area contributed by atoms with Gasteiger partial charge >= 0.3 is 11.8 Å². The van der Waals surface area contributed by atoms with Crippen molar-refractivity contribution in [1.82, 2.24) is 15.5 Å². The molecular weight excluding hydrogens is 366 g/mol. The molecule has 2 amide bonds. The van der Waals surface area contributed by atoms with Gasteiger partial charge in [0.05, 0.1) is 12.7 Å². The van der Waals surface area contributed by atoms with E-state index in [1.165, 1.54) is 5.56 Å². The Bertz CT molecular complexity index is 767. The largest absolute Gasteiger partial charge is 0.371 e. The maximum atomic E-state index is 11.9. The maximum absolute atomic E-state index is 11.9. The fraction of sp³-hybridized carbons (Fsp3) is 0.391. The topological polar surface area (TPSA) is 70.7 Å². The average molecular weight is 396 g/mol. The number of nitrogens with one attached hydrogen (secondary N) is 2. The molecule has 0 radical (unpaired) electrons. The van der Waals surface area contributed by atoms with Crippen molar-refractivity contribution in [2.45, 2.75) is 25.5 Å². The van der Waals surface area contributed by atoms with Crippen LogP contribution in [-0.4, -0.2) is 49.5 Å². The Labute approximate surface area is 172 Å². The quantitative estimate of drug-likeness (QED) is 0.531. The number of hydrogen-bond donors (Lipinski definition) is 2. The van der Waals surface area contributed by atoms with Crippen molar-refractivity contribution in [3.63, 3.8) is 0 Å². The number of nitrogens with zero attached hydrogens (tertiary/aromatic N) is 1. The fourth-order valence-electron chi connectivity index (χ4n) is 3.38. The summed E-state index contributed by atoms with van der Waals surface area (Å²) in [6.07, 6.45) is 1.93. The summed E-state index contributed by atoms with van der Waals surface area (Å²) in [6.45, 7) is 4.37. The fourth-order valence-corrected chi connectivity index (χ4v) is 3.38. The van der Waals surface area contributed by atoms with Crippen molar-refractivity contribution in [1.29, 1.82) is 0 Å². The molecule has 0 saturated carbocycles. The zero-order valence-corrected chi connectivity index (χ0v) is 16.7. The van der Waals surface area contributed by atoms with Gasteiger partial charge in [-0.1, -0.05) is 60.7 Å². The van der Waals surface area contributed by atoms with Crippen molar-refractivity contribution >= 4 is 11.8 Å². The minimum atomic E-state index is -0.590. The van der Waals surface area contributed by atoms with Crippen molar-refractivity contribution in [2.24, 2.45) is 0 Å². The Morgan fingerprint density at radius 2 is 1.62 bits per heavy atom. The average Bonchev–Trinajstić information content (AvgIpc) is 2.78. The molecule has 3 rings (SSSR count). The molecule has 0 bridgehead atoms. The number of benzene rings is 2. The van der Waals surface area contributed by atoms with Crippen LogP contribution in [0.15, 0.2) is 60.7 Å². The van der Waals surface area contributed by atoms with Gasteiger partial charge in [-0.15, -0.1) is 0 Å². The molecule has 29 heavy (non-hydrogen) atoms. The second-order valence-electron chi connectivity index (χ2n) is 7.20. The summed E-state index contributed by atoms with van der Waals surface area (Å²) < 4.78 is 5.89. The maximum Gasteiger partial charge on any atom is 0.309 e. The van der Waals surface area contributed by atoms with Gasteiger partial charge in [0.15, 0.2) is 0 Å². The summed E-state index contributed by atoms with van der Waals surface area (Å²) in [5, 5.41) is 5.34. The van der Waals surface area contributed by atoms with E-state index < -0.39 is 11.8 Å². The third-order valence-corrected chi connectivity index (χ3v) is 5.01. The van der Waals surface area contributed by atoms with Crippen molar-refractivity contribution in [3.05, 3.63) is 71.8 Å². The van der Waals surface area contributed by atoms with Crippen molar-refractivity contribution in [3.8, 4) is 0 Å². The Kier molecular flexibility index (Phi) is 8.22. The lowest BCUT2D eigenvalue weighted by Crippen LogP contribution is -2.40. The normalized spacial score (nSPS) is 16.9. The van der Waals surface area contributed by atoms with Gasteiger partial charge in [-0.3, -0.25) is 14.5 Å². The van der Waals surface area contributed by atoms with Crippen LogP contribution >= 0.6 is 0 Å². The number of morpholine rings is 1. The van der Waals surface area contributed by atoms with Gasteiger partial charge < -0.3 is 15.4 Å². The van der Waals surface area contributed by atoms with Crippen LogP contribution < -0.4 is 10.6 Å². The van der Waals surface area contributed by atoms with Crippen LogP contribution in [0, 0.1) is 0 Å². The second-order valence-corrected chi connectivity index (χ2v) is 7.20. The van der Waals surface area contributed by atoms with E-state index in [0.29, 0.717) is 13.1 Å². The van der Waals surface area contributed by atoms with Gasteiger partial charge in [0.1, 0.15) is 0 Å². The predicted molar refractivity (Wildman–Crippen MR) is 112 cm³/mol. The Morgan fingerprint density at radius 3 is 2.38 bits per heavy atom. The minimum absolute atomic E-state index is 0.123. The monoisotopic (exact) mass is 395 g/mol. The third-order valence-electron chi connectivity index (χ3n) is 5.01. The highest BCUT2D eigenvalue weighted by Gasteiger charge is 2.21. The molecule has 1 aliphatic rings. The highest BCUT2D eigenvalue weighted by molar-refractivity contribution is 6.35. The van der Waals surface area contributed by atoms with Crippen molar-refractivity contribution in [2.75, 3.05) is 32.8 Å². The molecule has 0 aromatic heterocycles. The molecule has 1 saturated heterocycles. The Balaban J connectivity index is 1.28. The number of carbonyl (C=O) groups excluding carboxylic acids is 2. The summed E-state index contributed by atoms with van der Waals surface area (Å²) in [4.78, 5) is 26.1. The number of amides is 2. The predicted octanol–water partition coefficient (Wildman–Crippen LogP) is 2.27. The molecular formula is C23H29N3O3.